The first-order chi connectivity index (χ1) is 7.88. The molecule has 3 heteroatoms. The van der Waals surface area contributed by atoms with Gasteiger partial charge >= 0.3 is 0 Å². The summed E-state index contributed by atoms with van der Waals surface area (Å²) in [4.78, 5) is 6.22. The zero-order chi connectivity index (χ0) is 11.0. The van der Waals surface area contributed by atoms with Gasteiger partial charge in [-0.05, 0) is 31.2 Å². The maximum absolute atomic E-state index is 4.86. The van der Waals surface area contributed by atoms with Crippen LogP contribution in [0.25, 0.3) is 0 Å². The van der Waals surface area contributed by atoms with Crippen LogP contribution in [-0.2, 0) is 0 Å². The Bertz CT molecular complexity index is 428. The van der Waals surface area contributed by atoms with Crippen molar-refractivity contribution in [2.75, 3.05) is 6.26 Å². The number of para-hydroxylation sites is 1. The number of rotatable bonds is 0. The molecule has 0 bridgehead atoms. The van der Waals surface area contributed by atoms with Crippen LogP contribution in [0.2, 0.25) is 0 Å². The number of benzene rings is 1. The van der Waals surface area contributed by atoms with Crippen molar-refractivity contribution >= 4 is 34.3 Å². The van der Waals surface area contributed by atoms with Gasteiger partial charge in [-0.25, -0.2) is 4.99 Å². The second-order valence-corrected chi connectivity index (χ2v) is 6.42. The summed E-state index contributed by atoms with van der Waals surface area (Å²) >= 11 is 3.88. The third-order valence-corrected chi connectivity index (χ3v) is 5.63. The lowest BCUT2D eigenvalue weighted by Gasteiger charge is -2.16. The summed E-state index contributed by atoms with van der Waals surface area (Å²) < 4.78 is 0. The molecule has 2 atom stereocenters. The van der Waals surface area contributed by atoms with Gasteiger partial charge < -0.3 is 0 Å². The number of nitrogens with zero attached hydrogens (tertiary/aromatic N) is 1. The third-order valence-electron chi connectivity index (χ3n) is 3.35. The van der Waals surface area contributed by atoms with Crippen LogP contribution in [0.4, 0.5) is 5.69 Å². The van der Waals surface area contributed by atoms with Crippen molar-refractivity contribution in [1.82, 2.24) is 0 Å². The molecule has 0 aromatic heterocycles. The van der Waals surface area contributed by atoms with E-state index in [4.69, 9.17) is 4.99 Å². The number of hydrogen-bond donors (Lipinski definition) is 0. The molecule has 84 valence electrons. The summed E-state index contributed by atoms with van der Waals surface area (Å²) in [5.74, 6) is 0.701. The highest BCUT2D eigenvalue weighted by molar-refractivity contribution is 8.13. The minimum Gasteiger partial charge on any atom is -0.245 e. The van der Waals surface area contributed by atoms with Crippen LogP contribution in [0.5, 0.6) is 0 Å². The monoisotopic (exact) mass is 249 g/mol. The summed E-state index contributed by atoms with van der Waals surface area (Å²) in [6, 6.07) is 8.55. The maximum Gasteiger partial charge on any atom is 0.0778 e. The van der Waals surface area contributed by atoms with Gasteiger partial charge in [-0.15, -0.1) is 23.5 Å². The van der Waals surface area contributed by atoms with E-state index < -0.39 is 0 Å². The molecule has 1 aromatic rings. The number of aliphatic imine (C=N–C) groups is 1. The van der Waals surface area contributed by atoms with Gasteiger partial charge in [0.1, 0.15) is 0 Å². The van der Waals surface area contributed by atoms with Crippen molar-refractivity contribution in [3.63, 3.8) is 0 Å². The van der Waals surface area contributed by atoms with Crippen molar-refractivity contribution in [3.05, 3.63) is 24.3 Å². The fraction of sp³-hybridized carbons (Fsp3) is 0.462. The molecule has 2 aliphatic rings. The maximum atomic E-state index is 4.86. The lowest BCUT2D eigenvalue weighted by molar-refractivity contribution is 0.756. The highest BCUT2D eigenvalue weighted by atomic mass is 32.2. The predicted octanol–water partition coefficient (Wildman–Crippen LogP) is 4.35. The van der Waals surface area contributed by atoms with Crippen molar-refractivity contribution < 1.29 is 0 Å². The summed E-state index contributed by atoms with van der Waals surface area (Å²) in [7, 11) is 0. The third kappa shape index (κ3) is 1.80. The average molecular weight is 249 g/mol. The van der Waals surface area contributed by atoms with E-state index in [2.05, 4.69) is 30.5 Å². The van der Waals surface area contributed by atoms with Gasteiger partial charge in [-0.1, -0.05) is 18.6 Å². The molecular weight excluding hydrogens is 234 g/mol. The molecule has 1 aromatic carbocycles. The standard InChI is InChI=1S/C13H15NS2/c1-15-13-9-5-4-8-11(9)16-12-7-3-2-6-10(12)14-13/h2-3,6-7,9,11H,4-5,8H2,1H3. The Kier molecular flexibility index (Phi) is 2.99. The molecule has 1 nitrogen and oxygen atoms in total. The zero-order valence-corrected chi connectivity index (χ0v) is 11.0. The topological polar surface area (TPSA) is 12.4 Å². The first kappa shape index (κ1) is 10.7. The largest absolute Gasteiger partial charge is 0.245 e. The van der Waals surface area contributed by atoms with Crippen LogP contribution in [0.1, 0.15) is 19.3 Å². The van der Waals surface area contributed by atoms with E-state index in [9.17, 15) is 0 Å². The van der Waals surface area contributed by atoms with Gasteiger partial charge in [0.2, 0.25) is 0 Å². The van der Waals surface area contributed by atoms with Gasteiger partial charge in [0.15, 0.2) is 0 Å². The van der Waals surface area contributed by atoms with Crippen molar-refractivity contribution in [2.24, 2.45) is 10.9 Å². The fourth-order valence-electron chi connectivity index (χ4n) is 2.56. The molecule has 3 rings (SSSR count). The molecule has 16 heavy (non-hydrogen) atoms. The van der Waals surface area contributed by atoms with E-state index in [1.807, 2.05) is 23.5 Å². The van der Waals surface area contributed by atoms with Gasteiger partial charge in [-0.2, -0.15) is 0 Å². The van der Waals surface area contributed by atoms with Crippen LogP contribution < -0.4 is 0 Å². The van der Waals surface area contributed by atoms with E-state index >= 15 is 0 Å². The molecule has 2 unspecified atom stereocenters. The molecule has 1 aliphatic heterocycles. The molecule has 0 radical (unpaired) electrons. The van der Waals surface area contributed by atoms with Crippen LogP contribution in [0.15, 0.2) is 34.2 Å². The molecule has 0 amide bonds. The normalized spacial score (nSPS) is 27.9. The van der Waals surface area contributed by atoms with E-state index in [1.165, 1.54) is 34.9 Å². The second-order valence-electron chi connectivity index (χ2n) is 4.32. The average Bonchev–Trinajstić information content (AvgIpc) is 2.70. The highest BCUT2D eigenvalue weighted by Gasteiger charge is 2.34. The first-order valence-electron chi connectivity index (χ1n) is 5.77. The molecular formula is C13H15NS2. The van der Waals surface area contributed by atoms with Gasteiger partial charge in [-0.3, -0.25) is 0 Å². The molecule has 0 saturated heterocycles. The van der Waals surface area contributed by atoms with Crippen molar-refractivity contribution in [3.8, 4) is 0 Å². The second kappa shape index (κ2) is 4.46. The van der Waals surface area contributed by atoms with E-state index in [1.54, 1.807) is 0 Å². The van der Waals surface area contributed by atoms with E-state index in [-0.39, 0.29) is 0 Å². The summed E-state index contributed by atoms with van der Waals surface area (Å²) in [6.45, 7) is 0. The number of fused-ring (bicyclic) bond motifs is 2. The summed E-state index contributed by atoms with van der Waals surface area (Å²) in [5, 5.41) is 2.11. The first-order valence-corrected chi connectivity index (χ1v) is 7.87. The quantitative estimate of drug-likeness (QED) is 0.677. The van der Waals surface area contributed by atoms with Gasteiger partial charge in [0.05, 0.1) is 10.7 Å². The molecule has 1 aliphatic carbocycles. The Morgan fingerprint density at radius 3 is 3.06 bits per heavy atom. The van der Waals surface area contributed by atoms with Crippen LogP contribution in [0.3, 0.4) is 0 Å². The lowest BCUT2D eigenvalue weighted by Crippen LogP contribution is -2.16. The fourth-order valence-corrected chi connectivity index (χ4v) is 4.85. The molecule has 1 saturated carbocycles. The minimum absolute atomic E-state index is 0.701. The molecule has 0 N–H and O–H groups in total. The molecule has 0 spiro atoms. The minimum atomic E-state index is 0.701. The van der Waals surface area contributed by atoms with E-state index in [0.717, 1.165) is 5.25 Å². The molecule has 1 heterocycles. The van der Waals surface area contributed by atoms with Crippen LogP contribution in [-0.4, -0.2) is 16.5 Å². The Labute approximate surface area is 105 Å². The van der Waals surface area contributed by atoms with Crippen molar-refractivity contribution in [2.45, 2.75) is 29.4 Å². The van der Waals surface area contributed by atoms with Crippen LogP contribution >= 0.6 is 23.5 Å². The predicted molar refractivity (Wildman–Crippen MR) is 74.0 cm³/mol. The van der Waals surface area contributed by atoms with Crippen LogP contribution in [0, 0.1) is 5.92 Å². The smallest absolute Gasteiger partial charge is 0.0778 e. The SMILES string of the molecule is CSC1=Nc2ccccc2SC2CCCC12. The lowest BCUT2D eigenvalue weighted by atomic mass is 10.1. The Morgan fingerprint density at radius 1 is 1.31 bits per heavy atom. The van der Waals surface area contributed by atoms with E-state index in [0.29, 0.717) is 5.92 Å². The zero-order valence-electron chi connectivity index (χ0n) is 9.35. The number of thioether (sulfide) groups is 2. The Balaban J connectivity index is 2.06. The van der Waals surface area contributed by atoms with Crippen molar-refractivity contribution in [1.29, 1.82) is 0 Å². The van der Waals surface area contributed by atoms with Gasteiger partial charge in [0, 0.05) is 16.1 Å². The highest BCUT2D eigenvalue weighted by Crippen LogP contribution is 2.46. The Morgan fingerprint density at radius 2 is 2.19 bits per heavy atom. The summed E-state index contributed by atoms with van der Waals surface area (Å²) in [5.41, 5.74) is 1.17. The van der Waals surface area contributed by atoms with Gasteiger partial charge in [0.25, 0.3) is 0 Å². The number of hydrogen-bond acceptors (Lipinski definition) is 3. The Hall–Kier alpha value is -0.410. The summed E-state index contributed by atoms with van der Waals surface area (Å²) in [6.07, 6.45) is 6.20. The molecule has 1 fully saturated rings.